The Morgan fingerprint density at radius 1 is 1.08 bits per heavy atom. The molecule has 1 atom stereocenters. The van der Waals surface area contributed by atoms with Gasteiger partial charge in [0.15, 0.2) is 0 Å². The van der Waals surface area contributed by atoms with Gasteiger partial charge in [0.25, 0.3) is 0 Å². The fourth-order valence-corrected chi connectivity index (χ4v) is 3.92. The molecule has 0 amide bonds. The van der Waals surface area contributed by atoms with Crippen molar-refractivity contribution in [3.8, 4) is 5.75 Å². The summed E-state index contributed by atoms with van der Waals surface area (Å²) in [5.74, 6) is 0.836. The minimum atomic E-state index is 0.317. The molecule has 0 spiro atoms. The number of nitrogens with one attached hydrogen (secondary N) is 1. The summed E-state index contributed by atoms with van der Waals surface area (Å²) in [6.07, 6.45) is 10.2. The van der Waals surface area contributed by atoms with Crippen molar-refractivity contribution in [2.24, 2.45) is 0 Å². The van der Waals surface area contributed by atoms with E-state index in [2.05, 4.69) is 58.6 Å². The van der Waals surface area contributed by atoms with E-state index < -0.39 is 0 Å². The number of hydrogen-bond acceptors (Lipinski definition) is 2. The lowest BCUT2D eigenvalue weighted by atomic mass is 9.95. The van der Waals surface area contributed by atoms with Gasteiger partial charge in [-0.05, 0) is 49.1 Å². The summed E-state index contributed by atoms with van der Waals surface area (Å²) in [6, 6.07) is 16.4. The second-order valence-corrected chi connectivity index (χ2v) is 7.21. The highest BCUT2D eigenvalue weighted by Gasteiger charge is 2.16. The normalized spacial score (nSPS) is 17.8. The zero-order chi connectivity index (χ0) is 17.8. The second-order valence-electron chi connectivity index (χ2n) is 7.21. The molecule has 1 aliphatic rings. The first-order valence-corrected chi connectivity index (χ1v) is 9.52. The van der Waals surface area contributed by atoms with Gasteiger partial charge in [-0.1, -0.05) is 42.5 Å². The Balaban J connectivity index is 1.27. The number of phenols is 1. The maximum absolute atomic E-state index is 9.57. The number of nitrogens with zero attached hydrogens (tertiary/aromatic N) is 1. The number of phenolic OH excluding ortho intramolecular Hbond substituents is 1. The van der Waals surface area contributed by atoms with Gasteiger partial charge in [-0.15, -0.1) is 0 Å². The van der Waals surface area contributed by atoms with Crippen LogP contribution in [0.25, 0.3) is 10.9 Å². The first-order chi connectivity index (χ1) is 12.8. The average Bonchev–Trinajstić information content (AvgIpc) is 3.08. The Bertz CT molecular complexity index is 882. The van der Waals surface area contributed by atoms with Crippen molar-refractivity contribution in [2.75, 3.05) is 19.6 Å². The summed E-state index contributed by atoms with van der Waals surface area (Å²) in [7, 11) is 0. The number of hydrogen-bond donors (Lipinski definition) is 2. The monoisotopic (exact) mass is 346 g/mol. The van der Waals surface area contributed by atoms with Crippen molar-refractivity contribution in [1.29, 1.82) is 0 Å². The number of aromatic nitrogens is 1. The third-order valence-corrected chi connectivity index (χ3v) is 5.34. The molecule has 1 unspecified atom stereocenters. The summed E-state index contributed by atoms with van der Waals surface area (Å²) in [5, 5.41) is 10.8. The quantitative estimate of drug-likeness (QED) is 0.495. The van der Waals surface area contributed by atoms with Gasteiger partial charge < -0.3 is 10.1 Å². The summed E-state index contributed by atoms with van der Waals surface area (Å²) in [6.45, 7) is 3.33. The number of rotatable bonds is 6. The summed E-state index contributed by atoms with van der Waals surface area (Å²) in [5.41, 5.74) is 3.78. The fourth-order valence-electron chi connectivity index (χ4n) is 3.92. The molecule has 3 heteroatoms. The number of fused-ring (bicyclic) bond motifs is 1. The van der Waals surface area contributed by atoms with Crippen LogP contribution < -0.4 is 0 Å². The maximum Gasteiger partial charge on any atom is 0.117 e. The summed E-state index contributed by atoms with van der Waals surface area (Å²) < 4.78 is 0. The van der Waals surface area contributed by atoms with Gasteiger partial charge in [-0.2, -0.15) is 0 Å². The smallest absolute Gasteiger partial charge is 0.117 e. The first kappa shape index (κ1) is 16.9. The SMILES string of the molecule is Oc1ccc2c(CCCCN3CC=CC(c4ccccc4)C3)c[nH]c2c1. The van der Waals surface area contributed by atoms with Crippen LogP contribution in [0, 0.1) is 0 Å². The molecule has 0 bridgehead atoms. The van der Waals surface area contributed by atoms with Crippen molar-refractivity contribution in [2.45, 2.75) is 25.2 Å². The molecular formula is C23H26N2O. The van der Waals surface area contributed by atoms with Crippen molar-refractivity contribution in [1.82, 2.24) is 9.88 Å². The molecule has 0 radical (unpaired) electrons. The zero-order valence-electron chi connectivity index (χ0n) is 15.1. The average molecular weight is 346 g/mol. The van der Waals surface area contributed by atoms with E-state index in [1.165, 1.54) is 29.4 Å². The third kappa shape index (κ3) is 3.83. The molecule has 1 aromatic heterocycles. The van der Waals surface area contributed by atoms with Crippen LogP contribution in [-0.4, -0.2) is 34.6 Å². The molecule has 4 rings (SSSR count). The largest absolute Gasteiger partial charge is 0.508 e. The molecule has 3 aromatic rings. The van der Waals surface area contributed by atoms with Crippen LogP contribution in [0.15, 0.2) is 66.9 Å². The van der Waals surface area contributed by atoms with Crippen molar-refractivity contribution < 1.29 is 5.11 Å². The minimum Gasteiger partial charge on any atom is -0.508 e. The van der Waals surface area contributed by atoms with Crippen molar-refractivity contribution >= 4 is 10.9 Å². The zero-order valence-corrected chi connectivity index (χ0v) is 15.1. The lowest BCUT2D eigenvalue weighted by Gasteiger charge is -2.29. The standard InChI is InChI=1S/C23H26N2O/c26-21-11-12-22-19(16-24-23(22)15-21)9-4-5-13-25-14-6-10-20(17-25)18-7-2-1-3-8-18/h1-3,6-8,10-12,15-16,20,24,26H,4-5,9,13-14,17H2. The van der Waals surface area contributed by atoms with E-state index in [0.717, 1.165) is 31.6 Å². The Hall–Kier alpha value is -2.52. The topological polar surface area (TPSA) is 39.3 Å². The van der Waals surface area contributed by atoms with Gasteiger partial charge in [0.1, 0.15) is 5.75 Å². The van der Waals surface area contributed by atoms with Gasteiger partial charge in [0.05, 0.1) is 0 Å². The second kappa shape index (κ2) is 7.79. The van der Waals surface area contributed by atoms with E-state index in [1.807, 2.05) is 6.07 Å². The van der Waals surface area contributed by atoms with Gasteiger partial charge >= 0.3 is 0 Å². The molecule has 134 valence electrons. The van der Waals surface area contributed by atoms with Crippen LogP contribution in [-0.2, 0) is 6.42 Å². The molecule has 2 aromatic carbocycles. The van der Waals surface area contributed by atoms with Crippen LogP contribution >= 0.6 is 0 Å². The molecule has 2 N–H and O–H groups in total. The lowest BCUT2D eigenvalue weighted by Crippen LogP contribution is -2.32. The minimum absolute atomic E-state index is 0.317. The molecule has 26 heavy (non-hydrogen) atoms. The van der Waals surface area contributed by atoms with E-state index in [0.29, 0.717) is 11.7 Å². The van der Waals surface area contributed by atoms with E-state index in [-0.39, 0.29) is 0 Å². The first-order valence-electron chi connectivity index (χ1n) is 9.52. The van der Waals surface area contributed by atoms with Gasteiger partial charge in [-0.25, -0.2) is 0 Å². The Labute approximate surface area is 155 Å². The van der Waals surface area contributed by atoms with Gasteiger partial charge in [-0.3, -0.25) is 4.90 Å². The molecule has 2 heterocycles. The maximum atomic E-state index is 9.57. The molecule has 0 fully saturated rings. The highest BCUT2D eigenvalue weighted by molar-refractivity contribution is 5.84. The predicted octanol–water partition coefficient (Wildman–Crippen LogP) is 4.85. The van der Waals surface area contributed by atoms with E-state index >= 15 is 0 Å². The number of benzene rings is 2. The third-order valence-electron chi connectivity index (χ3n) is 5.34. The van der Waals surface area contributed by atoms with Gasteiger partial charge in [0, 0.05) is 42.2 Å². The highest BCUT2D eigenvalue weighted by atomic mass is 16.3. The van der Waals surface area contributed by atoms with Crippen LogP contribution in [0.1, 0.15) is 29.9 Å². The number of aromatic amines is 1. The van der Waals surface area contributed by atoms with Crippen molar-refractivity contribution in [3.05, 3.63) is 78.0 Å². The predicted molar refractivity (Wildman–Crippen MR) is 108 cm³/mol. The molecule has 3 nitrogen and oxygen atoms in total. The molecular weight excluding hydrogens is 320 g/mol. The van der Waals surface area contributed by atoms with E-state index in [9.17, 15) is 5.11 Å². The Morgan fingerprint density at radius 2 is 1.96 bits per heavy atom. The molecule has 0 aliphatic carbocycles. The van der Waals surface area contributed by atoms with Crippen LogP contribution in [0.3, 0.4) is 0 Å². The number of aryl methyl sites for hydroxylation is 1. The number of unbranched alkanes of at least 4 members (excludes halogenated alkanes) is 1. The molecule has 0 saturated carbocycles. The Morgan fingerprint density at radius 3 is 2.85 bits per heavy atom. The van der Waals surface area contributed by atoms with Crippen LogP contribution in [0.5, 0.6) is 5.75 Å². The number of H-pyrrole nitrogens is 1. The molecule has 0 saturated heterocycles. The summed E-state index contributed by atoms with van der Waals surface area (Å²) >= 11 is 0. The Kier molecular flexibility index (Phi) is 5.07. The fraction of sp³-hybridized carbons (Fsp3) is 0.304. The van der Waals surface area contributed by atoms with E-state index in [4.69, 9.17) is 0 Å². The highest BCUT2D eigenvalue weighted by Crippen LogP contribution is 2.24. The van der Waals surface area contributed by atoms with Crippen LogP contribution in [0.2, 0.25) is 0 Å². The molecule has 1 aliphatic heterocycles. The van der Waals surface area contributed by atoms with E-state index in [1.54, 1.807) is 12.1 Å². The van der Waals surface area contributed by atoms with Crippen LogP contribution in [0.4, 0.5) is 0 Å². The van der Waals surface area contributed by atoms with Crippen molar-refractivity contribution in [3.63, 3.8) is 0 Å². The lowest BCUT2D eigenvalue weighted by molar-refractivity contribution is 0.278. The van der Waals surface area contributed by atoms with Gasteiger partial charge in [0.2, 0.25) is 0 Å². The number of aromatic hydroxyl groups is 1. The summed E-state index contributed by atoms with van der Waals surface area (Å²) in [4.78, 5) is 5.82.